The van der Waals surface area contributed by atoms with Crippen molar-refractivity contribution in [2.45, 2.75) is 5.41 Å². The zero-order chi connectivity index (χ0) is 25.9. The van der Waals surface area contributed by atoms with E-state index < -0.39 is 5.41 Å². The molecule has 8 heteroatoms. The summed E-state index contributed by atoms with van der Waals surface area (Å²) in [6.45, 7) is 0. The fourth-order valence-electron chi connectivity index (χ4n) is 5.45. The summed E-state index contributed by atoms with van der Waals surface area (Å²) < 4.78 is 1.82. The Morgan fingerprint density at radius 3 is 2.42 bits per heavy atom. The molecule has 2 aliphatic rings. The Morgan fingerprint density at radius 1 is 0.947 bits per heavy atom. The molecule has 0 fully saturated rings. The number of nitriles is 1. The molecule has 6 nitrogen and oxygen atoms in total. The Morgan fingerprint density at radius 2 is 1.71 bits per heavy atom. The van der Waals surface area contributed by atoms with Crippen LogP contribution in [0.1, 0.15) is 16.0 Å². The molecule has 0 aliphatic carbocycles. The van der Waals surface area contributed by atoms with E-state index in [9.17, 15) is 10.1 Å². The molecule has 5 aromatic rings. The number of rotatable bonds is 3. The van der Waals surface area contributed by atoms with Gasteiger partial charge in [0.05, 0.1) is 33.6 Å². The lowest BCUT2D eigenvalue weighted by molar-refractivity contribution is -0.118. The Hall–Kier alpha value is -4.64. The normalized spacial score (nSPS) is 17.5. The van der Waals surface area contributed by atoms with Crippen LogP contribution >= 0.6 is 22.9 Å². The molecule has 4 heterocycles. The number of para-hydroxylation sites is 1. The lowest BCUT2D eigenvalue weighted by atomic mass is 9.67. The third kappa shape index (κ3) is 3.05. The van der Waals surface area contributed by atoms with Crippen molar-refractivity contribution < 1.29 is 4.79 Å². The van der Waals surface area contributed by atoms with E-state index in [1.54, 1.807) is 18.2 Å². The second-order valence-corrected chi connectivity index (χ2v) is 10.4. The van der Waals surface area contributed by atoms with Gasteiger partial charge in [0, 0.05) is 27.4 Å². The standard InChI is InChI=1S/C30H18ClN5OS/c31-19-13-14-23-21(16-19)30(29(37)33-23)22(17-32)27(24-12-7-15-38-24)34-28-25(30)26(18-8-3-1-4-9-18)35-36(28)20-10-5-2-6-11-20/h1-16,34H,(H,33,37). The number of carbonyl (C=O) groups excluding carboxylic acids is 1. The van der Waals surface area contributed by atoms with Gasteiger partial charge in [-0.3, -0.25) is 4.79 Å². The van der Waals surface area contributed by atoms with Gasteiger partial charge in [-0.1, -0.05) is 66.2 Å². The summed E-state index contributed by atoms with van der Waals surface area (Å²) in [5.41, 5.74) is 3.55. The molecule has 0 saturated heterocycles. The molecular formula is C30H18ClN5OS. The predicted octanol–water partition coefficient (Wildman–Crippen LogP) is 6.85. The van der Waals surface area contributed by atoms with Gasteiger partial charge in [-0.2, -0.15) is 10.4 Å². The van der Waals surface area contributed by atoms with Crippen LogP contribution in [0.5, 0.6) is 0 Å². The summed E-state index contributed by atoms with van der Waals surface area (Å²) in [5, 5.41) is 24.8. The highest BCUT2D eigenvalue weighted by molar-refractivity contribution is 7.11. The minimum atomic E-state index is -1.47. The molecule has 0 saturated carbocycles. The molecule has 2 aliphatic heterocycles. The number of fused-ring (bicyclic) bond motifs is 4. The van der Waals surface area contributed by atoms with E-state index in [1.807, 2.05) is 82.9 Å². The summed E-state index contributed by atoms with van der Waals surface area (Å²) in [4.78, 5) is 15.1. The Kier molecular flexibility index (Phi) is 5.02. The summed E-state index contributed by atoms with van der Waals surface area (Å²) >= 11 is 8.01. The molecule has 182 valence electrons. The van der Waals surface area contributed by atoms with E-state index in [0.29, 0.717) is 44.6 Å². The first-order valence-corrected chi connectivity index (χ1v) is 13.2. The van der Waals surface area contributed by atoms with Crippen LogP contribution in [0.3, 0.4) is 0 Å². The molecule has 3 aromatic carbocycles. The van der Waals surface area contributed by atoms with Crippen LogP contribution in [-0.4, -0.2) is 15.7 Å². The molecule has 2 aromatic heterocycles. The number of hydrogen-bond donors (Lipinski definition) is 2. The van der Waals surface area contributed by atoms with Crippen LogP contribution in [-0.2, 0) is 10.2 Å². The van der Waals surface area contributed by atoms with E-state index in [1.165, 1.54) is 11.3 Å². The van der Waals surface area contributed by atoms with E-state index in [4.69, 9.17) is 16.7 Å². The molecule has 1 unspecified atom stereocenters. The number of hydrogen-bond acceptors (Lipinski definition) is 5. The fraction of sp³-hybridized carbons (Fsp3) is 0.0333. The molecule has 1 spiro atoms. The molecule has 0 bridgehead atoms. The number of nitrogens with one attached hydrogen (secondary N) is 2. The molecule has 7 rings (SSSR count). The number of thiophene rings is 1. The quantitative estimate of drug-likeness (QED) is 0.266. The van der Waals surface area contributed by atoms with Gasteiger partial charge in [0.1, 0.15) is 11.2 Å². The largest absolute Gasteiger partial charge is 0.338 e. The van der Waals surface area contributed by atoms with Crippen LogP contribution in [0.4, 0.5) is 11.5 Å². The summed E-state index contributed by atoms with van der Waals surface area (Å²) in [5.74, 6) is 0.313. The first kappa shape index (κ1) is 22.5. The Labute approximate surface area is 227 Å². The number of carbonyl (C=O) groups is 1. The van der Waals surface area contributed by atoms with Crippen LogP contribution in [0, 0.1) is 11.3 Å². The van der Waals surface area contributed by atoms with Gasteiger partial charge in [0.25, 0.3) is 0 Å². The van der Waals surface area contributed by atoms with Crippen molar-refractivity contribution in [3.63, 3.8) is 0 Å². The zero-order valence-electron chi connectivity index (χ0n) is 19.8. The first-order valence-electron chi connectivity index (χ1n) is 11.9. The SMILES string of the molecule is N#CC1=C(c2cccs2)Nc2c(c(-c3ccccc3)nn2-c2ccccc2)C12C(=O)Nc1ccc(Cl)cc12. The van der Waals surface area contributed by atoms with Crippen molar-refractivity contribution in [2.75, 3.05) is 10.6 Å². The average molecular weight is 532 g/mol. The van der Waals surface area contributed by atoms with Gasteiger partial charge in [-0.25, -0.2) is 4.68 Å². The molecule has 2 N–H and O–H groups in total. The Balaban J connectivity index is 1.67. The van der Waals surface area contributed by atoms with Crippen molar-refractivity contribution in [3.05, 3.63) is 123 Å². The molecular weight excluding hydrogens is 514 g/mol. The second kappa shape index (κ2) is 8.45. The lowest BCUT2D eigenvalue weighted by Gasteiger charge is -2.34. The predicted molar refractivity (Wildman–Crippen MR) is 150 cm³/mol. The van der Waals surface area contributed by atoms with Crippen molar-refractivity contribution in [3.8, 4) is 23.0 Å². The van der Waals surface area contributed by atoms with Gasteiger partial charge < -0.3 is 10.6 Å². The average Bonchev–Trinajstić information content (AvgIpc) is 3.68. The maximum atomic E-state index is 14.3. The van der Waals surface area contributed by atoms with Gasteiger partial charge in [-0.05, 0) is 41.8 Å². The van der Waals surface area contributed by atoms with Gasteiger partial charge >= 0.3 is 0 Å². The van der Waals surface area contributed by atoms with E-state index in [0.717, 1.165) is 16.1 Å². The van der Waals surface area contributed by atoms with Gasteiger partial charge in [0.15, 0.2) is 0 Å². The zero-order valence-corrected chi connectivity index (χ0v) is 21.3. The molecule has 1 amide bonds. The van der Waals surface area contributed by atoms with Crippen LogP contribution in [0.25, 0.3) is 22.6 Å². The topological polar surface area (TPSA) is 82.7 Å². The second-order valence-electron chi connectivity index (χ2n) is 9.04. The molecule has 1 atom stereocenters. The van der Waals surface area contributed by atoms with E-state index in [2.05, 4.69) is 16.7 Å². The summed E-state index contributed by atoms with van der Waals surface area (Å²) in [6, 6.07) is 31.1. The van der Waals surface area contributed by atoms with E-state index >= 15 is 0 Å². The van der Waals surface area contributed by atoms with Crippen molar-refractivity contribution in [1.82, 2.24) is 9.78 Å². The van der Waals surface area contributed by atoms with E-state index in [-0.39, 0.29) is 5.91 Å². The van der Waals surface area contributed by atoms with Crippen molar-refractivity contribution in [1.29, 1.82) is 5.26 Å². The minimum absolute atomic E-state index is 0.302. The summed E-state index contributed by atoms with van der Waals surface area (Å²) in [7, 11) is 0. The molecule has 0 radical (unpaired) electrons. The maximum absolute atomic E-state index is 14.3. The third-order valence-electron chi connectivity index (χ3n) is 7.03. The number of benzene rings is 3. The lowest BCUT2D eigenvalue weighted by Crippen LogP contribution is -2.41. The van der Waals surface area contributed by atoms with Crippen LogP contribution in [0.2, 0.25) is 5.02 Å². The minimum Gasteiger partial charge on any atom is -0.338 e. The smallest absolute Gasteiger partial charge is 0.245 e. The Bertz CT molecular complexity index is 1800. The summed E-state index contributed by atoms with van der Waals surface area (Å²) in [6.07, 6.45) is 0. The van der Waals surface area contributed by atoms with Crippen molar-refractivity contribution in [2.24, 2.45) is 0 Å². The number of anilines is 2. The van der Waals surface area contributed by atoms with Crippen molar-refractivity contribution >= 4 is 46.0 Å². The molecule has 38 heavy (non-hydrogen) atoms. The van der Waals surface area contributed by atoms with Crippen LogP contribution in [0.15, 0.2) is 102 Å². The monoisotopic (exact) mass is 531 g/mol. The van der Waals surface area contributed by atoms with Gasteiger partial charge in [-0.15, -0.1) is 11.3 Å². The highest BCUT2D eigenvalue weighted by Gasteiger charge is 2.58. The number of amides is 1. The first-order chi connectivity index (χ1) is 18.6. The number of halogens is 1. The van der Waals surface area contributed by atoms with Gasteiger partial charge in [0.2, 0.25) is 5.91 Å². The van der Waals surface area contributed by atoms with Crippen LogP contribution < -0.4 is 10.6 Å². The highest BCUT2D eigenvalue weighted by Crippen LogP contribution is 2.57. The third-order valence-corrected chi connectivity index (χ3v) is 8.15. The fourth-order valence-corrected chi connectivity index (χ4v) is 6.36. The highest BCUT2D eigenvalue weighted by atomic mass is 35.5. The number of nitrogens with zero attached hydrogens (tertiary/aromatic N) is 3. The maximum Gasteiger partial charge on any atom is 0.245 e. The number of aromatic nitrogens is 2.